The third-order valence-corrected chi connectivity index (χ3v) is 4.77. The van der Waals surface area contributed by atoms with E-state index in [4.69, 9.17) is 4.74 Å². The first-order valence-electron chi connectivity index (χ1n) is 9.25. The Morgan fingerprint density at radius 2 is 1.85 bits per heavy atom. The van der Waals surface area contributed by atoms with Crippen LogP contribution in [0.2, 0.25) is 0 Å². The Bertz CT molecular complexity index is 752. The minimum absolute atomic E-state index is 0.0860. The minimum Gasteiger partial charge on any atom is -0.492 e. The van der Waals surface area contributed by atoms with Gasteiger partial charge in [-0.05, 0) is 49.7 Å². The zero-order chi connectivity index (χ0) is 19.1. The number of nitrogens with one attached hydrogen (secondary N) is 1. The number of benzene rings is 2. The van der Waals surface area contributed by atoms with Gasteiger partial charge in [-0.3, -0.25) is 4.79 Å². The number of carbonyl (C=O) groups excluding carboxylic acids is 1. The molecule has 1 heterocycles. The van der Waals surface area contributed by atoms with E-state index in [1.165, 1.54) is 18.2 Å². The van der Waals surface area contributed by atoms with E-state index in [0.717, 1.165) is 19.4 Å². The van der Waals surface area contributed by atoms with Gasteiger partial charge in [0.05, 0.1) is 0 Å². The van der Waals surface area contributed by atoms with Crippen LogP contribution in [0.15, 0.2) is 48.5 Å². The molecule has 0 bridgehead atoms. The first-order chi connectivity index (χ1) is 13.1. The molecule has 1 saturated heterocycles. The average molecular weight is 374 g/mol. The molecular weight excluding hydrogens is 350 g/mol. The van der Waals surface area contributed by atoms with Gasteiger partial charge in [0, 0.05) is 31.1 Å². The smallest absolute Gasteiger partial charge is 0.223 e. The van der Waals surface area contributed by atoms with Crippen molar-refractivity contribution in [2.24, 2.45) is 0 Å². The maximum absolute atomic E-state index is 13.9. The highest BCUT2D eigenvalue weighted by atomic mass is 19.1. The molecule has 1 aliphatic rings. The molecule has 0 aliphatic carbocycles. The van der Waals surface area contributed by atoms with Gasteiger partial charge in [-0.15, -0.1) is 0 Å². The van der Waals surface area contributed by atoms with Crippen LogP contribution in [0.4, 0.5) is 8.78 Å². The first-order valence-corrected chi connectivity index (χ1v) is 9.25. The summed E-state index contributed by atoms with van der Waals surface area (Å²) in [4.78, 5) is 13.9. The zero-order valence-corrected chi connectivity index (χ0v) is 15.2. The predicted molar refractivity (Wildman–Crippen MR) is 99.4 cm³/mol. The third-order valence-electron chi connectivity index (χ3n) is 4.77. The Labute approximate surface area is 158 Å². The van der Waals surface area contributed by atoms with Crippen LogP contribution in [-0.2, 0) is 11.3 Å². The standard InChI is InChI=1S/C21H24F2N2O2/c22-17-5-8-19(9-6-17)27-14-13-24-12-11-18-7-10-21(26)25(18)15-16-3-1-2-4-20(16)23/h1-6,8-9,18,24H,7,10-15H2/t18-/m1/s1. The van der Waals surface area contributed by atoms with Crippen molar-refractivity contribution in [2.45, 2.75) is 31.8 Å². The third kappa shape index (κ3) is 5.50. The summed E-state index contributed by atoms with van der Waals surface area (Å²) in [5.41, 5.74) is 0.554. The van der Waals surface area contributed by atoms with Crippen molar-refractivity contribution in [1.29, 1.82) is 0 Å². The van der Waals surface area contributed by atoms with Gasteiger partial charge in [-0.25, -0.2) is 8.78 Å². The highest BCUT2D eigenvalue weighted by Crippen LogP contribution is 2.24. The van der Waals surface area contributed by atoms with Crippen molar-refractivity contribution >= 4 is 5.91 Å². The fourth-order valence-electron chi connectivity index (χ4n) is 3.29. The van der Waals surface area contributed by atoms with Gasteiger partial charge in [0.15, 0.2) is 0 Å². The van der Waals surface area contributed by atoms with Crippen LogP contribution >= 0.6 is 0 Å². The van der Waals surface area contributed by atoms with E-state index in [1.807, 2.05) is 0 Å². The van der Waals surface area contributed by atoms with Gasteiger partial charge in [-0.2, -0.15) is 0 Å². The van der Waals surface area contributed by atoms with E-state index >= 15 is 0 Å². The molecule has 1 atom stereocenters. The van der Waals surface area contributed by atoms with Gasteiger partial charge >= 0.3 is 0 Å². The normalized spacial score (nSPS) is 16.7. The summed E-state index contributed by atoms with van der Waals surface area (Å²) in [5.74, 6) is 0.164. The molecule has 3 rings (SSSR count). The van der Waals surface area contributed by atoms with Gasteiger partial charge in [-0.1, -0.05) is 18.2 Å². The predicted octanol–water partition coefficient (Wildman–Crippen LogP) is 3.51. The van der Waals surface area contributed by atoms with Crippen LogP contribution < -0.4 is 10.1 Å². The van der Waals surface area contributed by atoms with E-state index in [1.54, 1.807) is 35.2 Å². The lowest BCUT2D eigenvalue weighted by atomic mass is 10.1. The molecule has 0 radical (unpaired) electrons. The van der Waals surface area contributed by atoms with Crippen molar-refractivity contribution in [3.8, 4) is 5.75 Å². The monoisotopic (exact) mass is 374 g/mol. The number of nitrogens with zero attached hydrogens (tertiary/aromatic N) is 1. The fraction of sp³-hybridized carbons (Fsp3) is 0.381. The van der Waals surface area contributed by atoms with E-state index in [9.17, 15) is 13.6 Å². The number of carbonyl (C=O) groups is 1. The van der Waals surface area contributed by atoms with Crippen LogP contribution in [0.5, 0.6) is 5.75 Å². The molecule has 0 unspecified atom stereocenters. The average Bonchev–Trinajstić information content (AvgIpc) is 3.01. The topological polar surface area (TPSA) is 41.6 Å². The maximum atomic E-state index is 13.9. The van der Waals surface area contributed by atoms with Crippen LogP contribution in [0.1, 0.15) is 24.8 Å². The lowest BCUT2D eigenvalue weighted by Gasteiger charge is -2.25. The number of ether oxygens (including phenoxy) is 1. The minimum atomic E-state index is -0.286. The number of likely N-dealkylation sites (tertiary alicyclic amines) is 1. The summed E-state index contributed by atoms with van der Waals surface area (Å²) in [7, 11) is 0. The van der Waals surface area contributed by atoms with Gasteiger partial charge in [0.2, 0.25) is 5.91 Å². The van der Waals surface area contributed by atoms with Gasteiger partial charge < -0.3 is 15.0 Å². The Balaban J connectivity index is 1.38. The lowest BCUT2D eigenvalue weighted by Crippen LogP contribution is -2.35. The molecule has 2 aromatic carbocycles. The molecule has 27 heavy (non-hydrogen) atoms. The maximum Gasteiger partial charge on any atom is 0.223 e. The summed E-state index contributed by atoms with van der Waals surface area (Å²) in [6.07, 6.45) is 2.14. The van der Waals surface area contributed by atoms with Crippen LogP contribution in [0, 0.1) is 11.6 Å². The first kappa shape index (κ1) is 19.3. The van der Waals surface area contributed by atoms with Crippen molar-refractivity contribution < 1.29 is 18.3 Å². The second-order valence-electron chi connectivity index (χ2n) is 6.65. The van der Waals surface area contributed by atoms with E-state index < -0.39 is 0 Å². The molecule has 6 heteroatoms. The largest absolute Gasteiger partial charge is 0.492 e. The molecule has 1 amide bonds. The lowest BCUT2D eigenvalue weighted by molar-refractivity contribution is -0.129. The molecule has 1 aliphatic heterocycles. The molecule has 144 valence electrons. The second kappa shape index (κ2) is 9.46. The van der Waals surface area contributed by atoms with Gasteiger partial charge in [0.1, 0.15) is 24.0 Å². The Kier molecular flexibility index (Phi) is 6.76. The van der Waals surface area contributed by atoms with E-state index in [-0.39, 0.29) is 23.6 Å². The summed E-state index contributed by atoms with van der Waals surface area (Å²) >= 11 is 0. The molecule has 1 N–H and O–H groups in total. The number of rotatable bonds is 9. The number of hydrogen-bond donors (Lipinski definition) is 1. The Morgan fingerprint density at radius 1 is 1.07 bits per heavy atom. The quantitative estimate of drug-likeness (QED) is 0.683. The summed E-state index contributed by atoms with van der Waals surface area (Å²) < 4.78 is 32.2. The molecule has 0 aromatic heterocycles. The van der Waals surface area contributed by atoms with Gasteiger partial charge in [0.25, 0.3) is 0 Å². The van der Waals surface area contributed by atoms with Crippen molar-refractivity contribution in [2.75, 3.05) is 19.7 Å². The summed E-state index contributed by atoms with van der Waals surface area (Å²) in [6.45, 7) is 2.21. The molecular formula is C21H24F2N2O2. The Hall–Kier alpha value is -2.47. The highest BCUT2D eigenvalue weighted by Gasteiger charge is 2.30. The van der Waals surface area contributed by atoms with E-state index in [2.05, 4.69) is 5.32 Å². The van der Waals surface area contributed by atoms with Crippen molar-refractivity contribution in [1.82, 2.24) is 10.2 Å². The number of hydrogen-bond acceptors (Lipinski definition) is 3. The van der Waals surface area contributed by atoms with Crippen LogP contribution in [0.25, 0.3) is 0 Å². The molecule has 0 spiro atoms. The van der Waals surface area contributed by atoms with Crippen LogP contribution in [-0.4, -0.2) is 36.5 Å². The fourth-order valence-corrected chi connectivity index (χ4v) is 3.29. The van der Waals surface area contributed by atoms with Crippen LogP contribution in [0.3, 0.4) is 0 Å². The van der Waals surface area contributed by atoms with E-state index in [0.29, 0.717) is 37.4 Å². The molecule has 1 fully saturated rings. The summed E-state index contributed by atoms with van der Waals surface area (Å²) in [5, 5.41) is 3.29. The second-order valence-corrected chi connectivity index (χ2v) is 6.65. The molecule has 0 saturated carbocycles. The van der Waals surface area contributed by atoms with Crippen molar-refractivity contribution in [3.63, 3.8) is 0 Å². The van der Waals surface area contributed by atoms with Crippen molar-refractivity contribution in [3.05, 3.63) is 65.7 Å². The number of halogens is 2. The zero-order valence-electron chi connectivity index (χ0n) is 15.2. The highest BCUT2D eigenvalue weighted by molar-refractivity contribution is 5.78. The SMILES string of the molecule is O=C1CC[C@H](CCNCCOc2ccc(F)cc2)N1Cc1ccccc1F. The number of amides is 1. The molecule has 4 nitrogen and oxygen atoms in total. The Morgan fingerprint density at radius 3 is 2.63 bits per heavy atom. The molecule has 2 aromatic rings. The summed E-state index contributed by atoms with van der Waals surface area (Å²) in [6, 6.07) is 12.6.